The van der Waals surface area contributed by atoms with Crippen molar-refractivity contribution in [3.63, 3.8) is 0 Å². The van der Waals surface area contributed by atoms with Gasteiger partial charge in [0.2, 0.25) is 0 Å². The number of nitrogens with zero attached hydrogens (tertiary/aromatic N) is 4. The Morgan fingerprint density at radius 1 is 1.10 bits per heavy atom. The molecule has 0 saturated carbocycles. The molecule has 21 heavy (non-hydrogen) atoms. The number of piperidine rings is 2. The van der Waals surface area contributed by atoms with Crippen LogP contribution in [0.4, 0.5) is 4.79 Å². The second-order valence-corrected chi connectivity index (χ2v) is 6.61. The number of carbonyl (C=O) groups is 1. The summed E-state index contributed by atoms with van der Waals surface area (Å²) in [5.41, 5.74) is 1.21. The van der Waals surface area contributed by atoms with E-state index in [9.17, 15) is 4.79 Å². The molecule has 0 unspecified atom stereocenters. The summed E-state index contributed by atoms with van der Waals surface area (Å²) in [4.78, 5) is 20.8. The van der Waals surface area contributed by atoms with Crippen LogP contribution in [0.5, 0.6) is 0 Å². The summed E-state index contributed by atoms with van der Waals surface area (Å²) in [6.45, 7) is 7.97. The van der Waals surface area contributed by atoms with Gasteiger partial charge in [0.25, 0.3) is 0 Å². The highest BCUT2D eigenvalue weighted by Crippen LogP contribution is 2.25. The minimum Gasteiger partial charge on any atom is -0.332 e. The number of rotatable bonds is 1. The Hall–Kier alpha value is -1.52. The summed E-state index contributed by atoms with van der Waals surface area (Å²) in [5.74, 6) is 0.768. The molecule has 0 bridgehead atoms. The summed E-state index contributed by atoms with van der Waals surface area (Å²) >= 11 is 0. The molecule has 3 heterocycles. The van der Waals surface area contributed by atoms with Crippen molar-refractivity contribution in [3.8, 4) is 0 Å². The minimum atomic E-state index is 0.253. The molecule has 5 nitrogen and oxygen atoms in total. The van der Waals surface area contributed by atoms with Gasteiger partial charge in [-0.15, -0.1) is 0 Å². The van der Waals surface area contributed by atoms with E-state index in [2.05, 4.69) is 23.4 Å². The minimum absolute atomic E-state index is 0.253. The summed E-state index contributed by atoms with van der Waals surface area (Å²) in [6, 6.07) is 0.751. The van der Waals surface area contributed by atoms with Crippen LogP contribution in [0.3, 0.4) is 0 Å². The van der Waals surface area contributed by atoms with E-state index >= 15 is 0 Å². The number of aryl methyl sites for hydroxylation is 1. The number of hydrogen-bond donors (Lipinski definition) is 0. The molecule has 2 aliphatic heterocycles. The molecule has 3 rings (SSSR count). The first-order valence-corrected chi connectivity index (χ1v) is 8.17. The molecule has 116 valence electrons. The predicted octanol–water partition coefficient (Wildman–Crippen LogP) is 2.68. The number of aromatic nitrogens is 2. The van der Waals surface area contributed by atoms with Crippen LogP contribution in [0.15, 0.2) is 12.5 Å². The Morgan fingerprint density at radius 2 is 1.67 bits per heavy atom. The Morgan fingerprint density at radius 3 is 2.19 bits per heavy atom. The van der Waals surface area contributed by atoms with Gasteiger partial charge in [0.1, 0.15) is 0 Å². The van der Waals surface area contributed by atoms with Crippen molar-refractivity contribution in [2.75, 3.05) is 26.2 Å². The standard InChI is InChI=1S/C16H26N4O/c1-13-3-7-18(8-4-13)16(21)19-9-5-15(6-10-19)20-12-17-11-14(20)2/h11-13,15H,3-10H2,1-2H3. The molecule has 0 atom stereocenters. The van der Waals surface area contributed by atoms with Crippen LogP contribution in [0.25, 0.3) is 0 Å². The van der Waals surface area contributed by atoms with Crippen LogP contribution < -0.4 is 0 Å². The summed E-state index contributed by atoms with van der Waals surface area (Å²) in [5, 5.41) is 0. The van der Waals surface area contributed by atoms with Crippen LogP contribution in [0, 0.1) is 12.8 Å². The second kappa shape index (κ2) is 6.08. The highest BCUT2D eigenvalue weighted by molar-refractivity contribution is 5.74. The lowest BCUT2D eigenvalue weighted by molar-refractivity contribution is 0.119. The summed E-state index contributed by atoms with van der Waals surface area (Å²) < 4.78 is 2.25. The second-order valence-electron chi connectivity index (χ2n) is 6.61. The average molecular weight is 290 g/mol. The zero-order valence-corrected chi connectivity index (χ0v) is 13.2. The van der Waals surface area contributed by atoms with Crippen molar-refractivity contribution in [1.82, 2.24) is 19.4 Å². The van der Waals surface area contributed by atoms with Crippen LogP contribution >= 0.6 is 0 Å². The molecule has 0 spiro atoms. The van der Waals surface area contributed by atoms with Gasteiger partial charge in [0, 0.05) is 44.1 Å². The first-order valence-electron chi connectivity index (χ1n) is 8.17. The molecule has 5 heteroatoms. The van der Waals surface area contributed by atoms with Gasteiger partial charge in [0.05, 0.1) is 6.33 Å². The van der Waals surface area contributed by atoms with Crippen LogP contribution in [-0.4, -0.2) is 51.6 Å². The van der Waals surface area contributed by atoms with Crippen molar-refractivity contribution in [3.05, 3.63) is 18.2 Å². The van der Waals surface area contributed by atoms with E-state index < -0.39 is 0 Å². The Balaban J connectivity index is 1.53. The van der Waals surface area contributed by atoms with E-state index in [1.54, 1.807) is 0 Å². The molecule has 1 aromatic rings. The normalized spacial score (nSPS) is 21.8. The third kappa shape index (κ3) is 3.06. The van der Waals surface area contributed by atoms with Crippen molar-refractivity contribution in [2.24, 2.45) is 5.92 Å². The molecule has 0 N–H and O–H groups in total. The molecule has 0 radical (unpaired) electrons. The SMILES string of the molecule is Cc1cncn1C1CCN(C(=O)N2CCC(C)CC2)CC1. The maximum atomic E-state index is 12.6. The zero-order chi connectivity index (χ0) is 14.8. The molecule has 2 amide bonds. The van der Waals surface area contributed by atoms with Crippen LogP contribution in [0.1, 0.15) is 44.3 Å². The van der Waals surface area contributed by atoms with Crippen LogP contribution in [0.2, 0.25) is 0 Å². The maximum absolute atomic E-state index is 12.6. The number of likely N-dealkylation sites (tertiary alicyclic amines) is 2. The monoisotopic (exact) mass is 290 g/mol. The average Bonchev–Trinajstić information content (AvgIpc) is 2.94. The molecule has 2 fully saturated rings. The summed E-state index contributed by atoms with van der Waals surface area (Å²) in [6.07, 6.45) is 8.20. The number of hydrogen-bond acceptors (Lipinski definition) is 2. The Bertz CT molecular complexity index is 482. The van der Waals surface area contributed by atoms with Gasteiger partial charge in [-0.3, -0.25) is 0 Å². The molecule has 2 aliphatic rings. The zero-order valence-electron chi connectivity index (χ0n) is 13.2. The first-order chi connectivity index (χ1) is 10.1. The van der Waals surface area contributed by atoms with Gasteiger partial charge >= 0.3 is 6.03 Å². The number of carbonyl (C=O) groups excluding carboxylic acids is 1. The van der Waals surface area contributed by atoms with Gasteiger partial charge in [-0.1, -0.05) is 6.92 Å². The van der Waals surface area contributed by atoms with E-state index in [-0.39, 0.29) is 6.03 Å². The maximum Gasteiger partial charge on any atom is 0.320 e. The third-order valence-electron chi connectivity index (χ3n) is 5.04. The topological polar surface area (TPSA) is 41.4 Å². The third-order valence-corrected chi connectivity index (χ3v) is 5.04. The first kappa shape index (κ1) is 14.4. The number of imidazole rings is 1. The highest BCUT2D eigenvalue weighted by Gasteiger charge is 2.28. The fraction of sp³-hybridized carbons (Fsp3) is 0.750. The number of urea groups is 1. The predicted molar refractivity (Wildman–Crippen MR) is 82.2 cm³/mol. The van der Waals surface area contributed by atoms with E-state index in [0.717, 1.165) is 57.8 Å². The van der Waals surface area contributed by atoms with Crippen molar-refractivity contribution in [2.45, 2.75) is 45.6 Å². The highest BCUT2D eigenvalue weighted by atomic mass is 16.2. The molecule has 2 saturated heterocycles. The molecule has 1 aromatic heterocycles. The quantitative estimate of drug-likeness (QED) is 0.798. The van der Waals surface area contributed by atoms with Crippen molar-refractivity contribution >= 4 is 6.03 Å². The van der Waals surface area contributed by atoms with Crippen molar-refractivity contribution < 1.29 is 4.79 Å². The van der Waals surface area contributed by atoms with Gasteiger partial charge in [0.15, 0.2) is 0 Å². The fourth-order valence-corrected chi connectivity index (χ4v) is 3.49. The van der Waals surface area contributed by atoms with Crippen LogP contribution in [-0.2, 0) is 0 Å². The molecule has 0 aromatic carbocycles. The Kier molecular flexibility index (Phi) is 4.17. The van der Waals surface area contributed by atoms with Gasteiger partial charge in [-0.2, -0.15) is 0 Å². The summed E-state index contributed by atoms with van der Waals surface area (Å²) in [7, 11) is 0. The largest absolute Gasteiger partial charge is 0.332 e. The van der Waals surface area contributed by atoms with Gasteiger partial charge in [-0.25, -0.2) is 9.78 Å². The van der Waals surface area contributed by atoms with E-state index in [4.69, 9.17) is 0 Å². The van der Waals surface area contributed by atoms with Crippen molar-refractivity contribution in [1.29, 1.82) is 0 Å². The lowest BCUT2D eigenvalue weighted by Gasteiger charge is -2.38. The van der Waals surface area contributed by atoms with E-state index in [1.165, 1.54) is 5.69 Å². The van der Waals surface area contributed by atoms with E-state index in [0.29, 0.717) is 6.04 Å². The Labute approximate surface area is 126 Å². The van der Waals surface area contributed by atoms with Gasteiger partial charge < -0.3 is 14.4 Å². The molecule has 0 aliphatic carbocycles. The van der Waals surface area contributed by atoms with Gasteiger partial charge in [-0.05, 0) is 38.5 Å². The molecular formula is C16H26N4O. The molecular weight excluding hydrogens is 264 g/mol. The lowest BCUT2D eigenvalue weighted by atomic mass is 9.99. The lowest BCUT2D eigenvalue weighted by Crippen LogP contribution is -2.49. The number of amides is 2. The van der Waals surface area contributed by atoms with E-state index in [1.807, 2.05) is 22.3 Å². The fourth-order valence-electron chi connectivity index (χ4n) is 3.49. The smallest absolute Gasteiger partial charge is 0.320 e.